The van der Waals surface area contributed by atoms with E-state index < -0.39 is 0 Å². The first kappa shape index (κ1) is 21.2. The summed E-state index contributed by atoms with van der Waals surface area (Å²) in [6.45, 7) is 6.23. The van der Waals surface area contributed by atoms with Gasteiger partial charge in [-0.15, -0.1) is 11.8 Å². The van der Waals surface area contributed by atoms with Crippen molar-refractivity contribution in [3.63, 3.8) is 0 Å². The molecule has 0 aromatic heterocycles. The summed E-state index contributed by atoms with van der Waals surface area (Å²) in [4.78, 5) is 27.7. The fourth-order valence-corrected chi connectivity index (χ4v) is 4.40. The van der Waals surface area contributed by atoms with E-state index in [1.807, 2.05) is 30.3 Å². The molecule has 1 saturated heterocycles. The van der Waals surface area contributed by atoms with Crippen molar-refractivity contribution in [1.82, 2.24) is 0 Å². The van der Waals surface area contributed by atoms with Gasteiger partial charge in [0.05, 0.1) is 12.7 Å². The Kier molecular flexibility index (Phi) is 7.20. The zero-order valence-electron chi connectivity index (χ0n) is 17.2. The SMILES string of the molecule is COC(=O)C(C)Sc1ccccc1C(=O)Nc1ccc(N2CCC(C)CC2)cc1. The van der Waals surface area contributed by atoms with E-state index in [1.54, 1.807) is 13.0 Å². The highest BCUT2D eigenvalue weighted by atomic mass is 32.2. The van der Waals surface area contributed by atoms with Gasteiger partial charge >= 0.3 is 5.97 Å². The van der Waals surface area contributed by atoms with Gasteiger partial charge in [-0.3, -0.25) is 9.59 Å². The third-order valence-electron chi connectivity index (χ3n) is 5.24. The van der Waals surface area contributed by atoms with Gasteiger partial charge in [-0.1, -0.05) is 19.1 Å². The number of rotatable bonds is 6. The monoisotopic (exact) mass is 412 g/mol. The molecule has 0 aliphatic carbocycles. The van der Waals surface area contributed by atoms with Gasteiger partial charge in [-0.2, -0.15) is 0 Å². The number of esters is 1. The van der Waals surface area contributed by atoms with Crippen LogP contribution in [-0.4, -0.2) is 37.3 Å². The molecule has 0 spiro atoms. The maximum Gasteiger partial charge on any atom is 0.318 e. The van der Waals surface area contributed by atoms with Crippen LogP contribution in [0.1, 0.15) is 37.0 Å². The molecule has 1 heterocycles. The zero-order valence-corrected chi connectivity index (χ0v) is 18.0. The quantitative estimate of drug-likeness (QED) is 0.544. The Bertz CT molecular complexity index is 845. The highest BCUT2D eigenvalue weighted by Gasteiger charge is 2.19. The van der Waals surface area contributed by atoms with Gasteiger partial charge in [0.25, 0.3) is 5.91 Å². The van der Waals surface area contributed by atoms with Crippen LogP contribution >= 0.6 is 11.8 Å². The lowest BCUT2D eigenvalue weighted by Gasteiger charge is -2.32. The summed E-state index contributed by atoms with van der Waals surface area (Å²) in [5.74, 6) is 0.294. The molecular weight excluding hydrogens is 384 g/mol. The summed E-state index contributed by atoms with van der Waals surface area (Å²) >= 11 is 1.32. The molecule has 1 atom stereocenters. The molecule has 29 heavy (non-hydrogen) atoms. The number of hydrogen-bond donors (Lipinski definition) is 1. The van der Waals surface area contributed by atoms with E-state index in [-0.39, 0.29) is 17.1 Å². The van der Waals surface area contributed by atoms with E-state index in [1.165, 1.54) is 37.4 Å². The number of anilines is 2. The van der Waals surface area contributed by atoms with Crippen LogP contribution in [0.4, 0.5) is 11.4 Å². The van der Waals surface area contributed by atoms with Crippen molar-refractivity contribution in [2.24, 2.45) is 5.92 Å². The van der Waals surface area contributed by atoms with Crippen molar-refractivity contribution in [2.45, 2.75) is 36.8 Å². The van der Waals surface area contributed by atoms with E-state index in [2.05, 4.69) is 29.3 Å². The summed E-state index contributed by atoms with van der Waals surface area (Å²) in [6, 6.07) is 15.3. The van der Waals surface area contributed by atoms with E-state index in [9.17, 15) is 9.59 Å². The molecule has 1 amide bonds. The molecule has 1 fully saturated rings. The molecule has 5 nitrogen and oxygen atoms in total. The fourth-order valence-electron chi connectivity index (χ4n) is 3.38. The average Bonchev–Trinajstić information content (AvgIpc) is 2.74. The Morgan fingerprint density at radius 2 is 1.76 bits per heavy atom. The molecule has 0 saturated carbocycles. The molecule has 6 heteroatoms. The highest BCUT2D eigenvalue weighted by molar-refractivity contribution is 8.00. The number of thioether (sulfide) groups is 1. The van der Waals surface area contributed by atoms with E-state index in [0.717, 1.165) is 29.6 Å². The van der Waals surface area contributed by atoms with Gasteiger partial charge in [0, 0.05) is 29.4 Å². The average molecular weight is 413 g/mol. The lowest BCUT2D eigenvalue weighted by Crippen LogP contribution is -2.32. The third kappa shape index (κ3) is 5.54. The number of piperidine rings is 1. The molecule has 1 aliphatic heterocycles. The van der Waals surface area contributed by atoms with Crippen LogP contribution < -0.4 is 10.2 Å². The van der Waals surface area contributed by atoms with Crippen molar-refractivity contribution < 1.29 is 14.3 Å². The van der Waals surface area contributed by atoms with Crippen molar-refractivity contribution in [1.29, 1.82) is 0 Å². The lowest BCUT2D eigenvalue weighted by atomic mass is 9.99. The van der Waals surface area contributed by atoms with Crippen molar-refractivity contribution in [3.05, 3.63) is 54.1 Å². The predicted octanol–water partition coefficient (Wildman–Crippen LogP) is 4.83. The van der Waals surface area contributed by atoms with Crippen molar-refractivity contribution >= 4 is 35.0 Å². The molecule has 2 aromatic carbocycles. The second kappa shape index (κ2) is 9.83. The molecule has 2 aromatic rings. The number of ether oxygens (including phenoxy) is 1. The first-order valence-electron chi connectivity index (χ1n) is 9.98. The van der Waals surface area contributed by atoms with Crippen LogP contribution in [0.2, 0.25) is 0 Å². The lowest BCUT2D eigenvalue weighted by molar-refractivity contribution is -0.139. The van der Waals surface area contributed by atoms with Gasteiger partial charge < -0.3 is 15.0 Å². The van der Waals surface area contributed by atoms with Gasteiger partial charge in [0.2, 0.25) is 0 Å². The maximum absolute atomic E-state index is 12.8. The minimum atomic E-state index is -0.388. The van der Waals surface area contributed by atoms with Crippen molar-refractivity contribution in [2.75, 3.05) is 30.4 Å². The van der Waals surface area contributed by atoms with Crippen molar-refractivity contribution in [3.8, 4) is 0 Å². The summed E-state index contributed by atoms with van der Waals surface area (Å²) in [5.41, 5.74) is 2.49. The second-order valence-electron chi connectivity index (χ2n) is 7.45. The summed E-state index contributed by atoms with van der Waals surface area (Å²) in [7, 11) is 1.37. The molecule has 1 unspecified atom stereocenters. The summed E-state index contributed by atoms with van der Waals surface area (Å²) in [5, 5.41) is 2.58. The zero-order chi connectivity index (χ0) is 20.8. The summed E-state index contributed by atoms with van der Waals surface area (Å²) in [6.07, 6.45) is 2.44. The maximum atomic E-state index is 12.8. The first-order valence-corrected chi connectivity index (χ1v) is 10.9. The number of amides is 1. The van der Waals surface area contributed by atoms with Crippen LogP contribution in [0.25, 0.3) is 0 Å². The number of nitrogens with zero attached hydrogens (tertiary/aromatic N) is 1. The van der Waals surface area contributed by atoms with Crippen LogP contribution in [-0.2, 0) is 9.53 Å². The minimum Gasteiger partial charge on any atom is -0.468 e. The van der Waals surface area contributed by atoms with E-state index in [0.29, 0.717) is 5.56 Å². The number of hydrogen-bond acceptors (Lipinski definition) is 5. The largest absolute Gasteiger partial charge is 0.468 e. The normalized spacial score (nSPS) is 15.6. The smallest absolute Gasteiger partial charge is 0.318 e. The van der Waals surface area contributed by atoms with Gasteiger partial charge in [-0.25, -0.2) is 0 Å². The Hall–Kier alpha value is -2.47. The fraction of sp³-hybridized carbons (Fsp3) is 0.391. The van der Waals surface area contributed by atoms with Gasteiger partial charge in [-0.05, 0) is 62.1 Å². The molecule has 3 rings (SSSR count). The number of nitrogens with one attached hydrogen (secondary N) is 1. The Labute approximate surface area is 176 Å². The molecule has 154 valence electrons. The number of methoxy groups -OCH3 is 1. The molecular formula is C23H28N2O3S. The van der Waals surface area contributed by atoms with Crippen LogP contribution in [0, 0.1) is 5.92 Å². The Balaban J connectivity index is 1.67. The second-order valence-corrected chi connectivity index (χ2v) is 8.83. The van der Waals surface area contributed by atoms with Gasteiger partial charge in [0.15, 0.2) is 0 Å². The molecule has 1 aliphatic rings. The predicted molar refractivity (Wildman–Crippen MR) is 119 cm³/mol. The van der Waals surface area contributed by atoms with Gasteiger partial charge in [0.1, 0.15) is 5.25 Å². The van der Waals surface area contributed by atoms with Crippen LogP contribution in [0.5, 0.6) is 0 Å². The summed E-state index contributed by atoms with van der Waals surface area (Å²) < 4.78 is 4.78. The highest BCUT2D eigenvalue weighted by Crippen LogP contribution is 2.29. The molecule has 0 bridgehead atoms. The Morgan fingerprint density at radius 1 is 1.10 bits per heavy atom. The molecule has 1 N–H and O–H groups in total. The number of carbonyl (C=O) groups excluding carboxylic acids is 2. The standard InChI is InChI=1S/C23H28N2O3S/c1-16-12-14-25(15-13-16)19-10-8-18(9-11-19)24-22(26)20-6-4-5-7-21(20)29-17(2)23(27)28-3/h4-11,16-17H,12-15H2,1-3H3,(H,24,26). The van der Waals surface area contributed by atoms with Crippen LogP contribution in [0.15, 0.2) is 53.4 Å². The first-order chi connectivity index (χ1) is 14.0. The molecule has 0 radical (unpaired) electrons. The third-order valence-corrected chi connectivity index (χ3v) is 6.40. The topological polar surface area (TPSA) is 58.6 Å². The van der Waals surface area contributed by atoms with Crippen LogP contribution in [0.3, 0.4) is 0 Å². The Morgan fingerprint density at radius 3 is 2.41 bits per heavy atom. The van der Waals surface area contributed by atoms with E-state index in [4.69, 9.17) is 4.74 Å². The number of carbonyl (C=O) groups is 2. The minimum absolute atomic E-state index is 0.190. The number of benzene rings is 2. The van der Waals surface area contributed by atoms with E-state index >= 15 is 0 Å².